The number of aromatic nitrogens is 1. The molecule has 6 nitrogen and oxygen atoms in total. The van der Waals surface area contributed by atoms with E-state index in [1.54, 1.807) is 12.0 Å². The summed E-state index contributed by atoms with van der Waals surface area (Å²) in [5.41, 5.74) is 3.45. The third-order valence-corrected chi connectivity index (χ3v) is 5.69. The van der Waals surface area contributed by atoms with E-state index in [2.05, 4.69) is 9.88 Å². The molecule has 0 radical (unpaired) electrons. The van der Waals surface area contributed by atoms with Gasteiger partial charge in [-0.2, -0.15) is 0 Å². The van der Waals surface area contributed by atoms with Gasteiger partial charge in [-0.3, -0.25) is 9.59 Å². The Labute approximate surface area is 176 Å². The molecule has 1 atom stereocenters. The standard InChI is InChI=1S/C24H27N3O3/c1-16(2)22(27-15-17-7-4-5-8-18(17)24(27)29)23(28)25-20-9-6-10-21-19(20)11-12-26(21)13-14-30-3/h4-12,16,22H,13-15H2,1-3H3,(H,25,28)/t22-/m0/s1. The summed E-state index contributed by atoms with van der Waals surface area (Å²) in [7, 11) is 1.68. The topological polar surface area (TPSA) is 63.6 Å². The highest BCUT2D eigenvalue weighted by Gasteiger charge is 2.38. The van der Waals surface area contributed by atoms with Gasteiger partial charge < -0.3 is 19.5 Å². The van der Waals surface area contributed by atoms with Crippen molar-refractivity contribution in [3.8, 4) is 0 Å². The molecular weight excluding hydrogens is 378 g/mol. The number of benzene rings is 2. The van der Waals surface area contributed by atoms with Crippen molar-refractivity contribution in [2.75, 3.05) is 19.0 Å². The summed E-state index contributed by atoms with van der Waals surface area (Å²) in [6, 6.07) is 14.9. The number of hydrogen-bond acceptors (Lipinski definition) is 3. The van der Waals surface area contributed by atoms with Gasteiger partial charge in [0.1, 0.15) is 6.04 Å². The van der Waals surface area contributed by atoms with Crippen LogP contribution in [0.25, 0.3) is 10.9 Å². The molecule has 0 saturated heterocycles. The Morgan fingerprint density at radius 2 is 1.93 bits per heavy atom. The van der Waals surface area contributed by atoms with E-state index in [1.807, 2.05) is 68.6 Å². The Morgan fingerprint density at radius 3 is 2.67 bits per heavy atom. The summed E-state index contributed by atoms with van der Waals surface area (Å²) in [5.74, 6) is -0.263. The molecular formula is C24H27N3O3. The van der Waals surface area contributed by atoms with E-state index in [0.29, 0.717) is 18.7 Å². The first-order chi connectivity index (χ1) is 14.5. The second kappa shape index (κ2) is 8.32. The van der Waals surface area contributed by atoms with Crippen LogP contribution in [0.5, 0.6) is 0 Å². The fourth-order valence-corrected chi connectivity index (χ4v) is 4.23. The minimum absolute atomic E-state index is 0.0197. The molecule has 0 aliphatic carbocycles. The predicted octanol–water partition coefficient (Wildman–Crippen LogP) is 3.91. The minimum atomic E-state index is -0.546. The molecule has 0 fully saturated rings. The Bertz CT molecular complexity index is 1090. The molecule has 1 aliphatic heterocycles. The van der Waals surface area contributed by atoms with Crippen molar-refractivity contribution >= 4 is 28.4 Å². The Kier molecular flexibility index (Phi) is 5.59. The second-order valence-corrected chi connectivity index (χ2v) is 8.01. The van der Waals surface area contributed by atoms with Gasteiger partial charge in [0.15, 0.2) is 0 Å². The maximum atomic E-state index is 13.3. The third-order valence-electron chi connectivity index (χ3n) is 5.69. The van der Waals surface area contributed by atoms with Crippen molar-refractivity contribution in [3.05, 3.63) is 65.9 Å². The number of methoxy groups -OCH3 is 1. The predicted molar refractivity (Wildman–Crippen MR) is 117 cm³/mol. The maximum Gasteiger partial charge on any atom is 0.255 e. The highest BCUT2D eigenvalue weighted by molar-refractivity contribution is 6.06. The number of hydrogen-bond donors (Lipinski definition) is 1. The number of rotatable bonds is 7. The van der Waals surface area contributed by atoms with Gasteiger partial charge >= 0.3 is 0 Å². The van der Waals surface area contributed by atoms with Gasteiger partial charge in [0.2, 0.25) is 5.91 Å². The lowest BCUT2D eigenvalue weighted by Crippen LogP contribution is -2.47. The molecule has 2 heterocycles. The van der Waals surface area contributed by atoms with Gasteiger partial charge in [0.25, 0.3) is 5.91 Å². The minimum Gasteiger partial charge on any atom is -0.383 e. The number of fused-ring (bicyclic) bond motifs is 2. The Hall–Kier alpha value is -3.12. The van der Waals surface area contributed by atoms with Crippen LogP contribution in [-0.4, -0.2) is 41.0 Å². The molecule has 0 saturated carbocycles. The van der Waals surface area contributed by atoms with Crippen molar-refractivity contribution in [2.24, 2.45) is 5.92 Å². The van der Waals surface area contributed by atoms with Crippen molar-refractivity contribution in [1.29, 1.82) is 0 Å². The van der Waals surface area contributed by atoms with Crippen molar-refractivity contribution in [1.82, 2.24) is 9.47 Å². The zero-order valence-corrected chi connectivity index (χ0v) is 17.6. The van der Waals surface area contributed by atoms with E-state index in [0.717, 1.165) is 28.7 Å². The van der Waals surface area contributed by atoms with Gasteiger partial charge in [0, 0.05) is 37.3 Å². The summed E-state index contributed by atoms with van der Waals surface area (Å²) in [5, 5.41) is 4.06. The van der Waals surface area contributed by atoms with Crippen LogP contribution < -0.4 is 5.32 Å². The molecule has 1 aromatic heterocycles. The van der Waals surface area contributed by atoms with Gasteiger partial charge in [-0.1, -0.05) is 38.1 Å². The van der Waals surface area contributed by atoms with Gasteiger partial charge in [-0.15, -0.1) is 0 Å². The van der Waals surface area contributed by atoms with Gasteiger partial charge in [-0.25, -0.2) is 0 Å². The van der Waals surface area contributed by atoms with E-state index in [1.165, 1.54) is 0 Å². The number of amides is 2. The summed E-state index contributed by atoms with van der Waals surface area (Å²) in [6.07, 6.45) is 2.00. The average Bonchev–Trinajstić information content (AvgIpc) is 3.29. The largest absolute Gasteiger partial charge is 0.383 e. The highest BCUT2D eigenvalue weighted by Crippen LogP contribution is 2.29. The molecule has 0 unspecified atom stereocenters. The summed E-state index contributed by atoms with van der Waals surface area (Å²) < 4.78 is 7.29. The first-order valence-electron chi connectivity index (χ1n) is 10.3. The molecule has 3 aromatic rings. The first-order valence-corrected chi connectivity index (χ1v) is 10.3. The van der Waals surface area contributed by atoms with E-state index in [9.17, 15) is 9.59 Å². The molecule has 2 amide bonds. The van der Waals surface area contributed by atoms with Crippen LogP contribution >= 0.6 is 0 Å². The molecule has 0 spiro atoms. The normalized spacial score (nSPS) is 14.4. The third kappa shape index (κ3) is 3.59. The van der Waals surface area contributed by atoms with E-state index < -0.39 is 6.04 Å². The fourth-order valence-electron chi connectivity index (χ4n) is 4.23. The molecule has 1 N–H and O–H groups in total. The lowest BCUT2D eigenvalue weighted by Gasteiger charge is -2.30. The summed E-state index contributed by atoms with van der Waals surface area (Å²) in [6.45, 7) is 5.77. The van der Waals surface area contributed by atoms with E-state index in [4.69, 9.17) is 4.74 Å². The lowest BCUT2D eigenvalue weighted by atomic mass is 10.0. The van der Waals surface area contributed by atoms with Crippen LogP contribution in [0.2, 0.25) is 0 Å². The Balaban J connectivity index is 1.59. The van der Waals surface area contributed by atoms with Gasteiger partial charge in [-0.05, 0) is 35.7 Å². The number of carbonyl (C=O) groups excluding carboxylic acids is 2. The molecule has 30 heavy (non-hydrogen) atoms. The summed E-state index contributed by atoms with van der Waals surface area (Å²) >= 11 is 0. The Morgan fingerprint density at radius 1 is 1.13 bits per heavy atom. The molecule has 156 valence electrons. The number of anilines is 1. The number of carbonyl (C=O) groups is 2. The van der Waals surface area contributed by atoms with Crippen LogP contribution in [0.4, 0.5) is 5.69 Å². The number of nitrogens with one attached hydrogen (secondary N) is 1. The van der Waals surface area contributed by atoms with Crippen molar-refractivity contribution in [3.63, 3.8) is 0 Å². The molecule has 0 bridgehead atoms. The monoisotopic (exact) mass is 405 g/mol. The van der Waals surface area contributed by atoms with E-state index >= 15 is 0 Å². The maximum absolute atomic E-state index is 13.3. The van der Waals surface area contributed by atoms with Crippen LogP contribution in [0.15, 0.2) is 54.7 Å². The van der Waals surface area contributed by atoms with Crippen molar-refractivity contribution in [2.45, 2.75) is 33.0 Å². The SMILES string of the molecule is COCCn1ccc2c(NC(=O)[C@H](C(C)C)N3Cc4ccccc4C3=O)cccc21. The zero-order valence-electron chi connectivity index (χ0n) is 17.6. The fraction of sp³-hybridized carbons (Fsp3) is 0.333. The average molecular weight is 405 g/mol. The zero-order chi connectivity index (χ0) is 21.3. The lowest BCUT2D eigenvalue weighted by molar-refractivity contribution is -0.122. The molecule has 6 heteroatoms. The highest BCUT2D eigenvalue weighted by atomic mass is 16.5. The van der Waals surface area contributed by atoms with Gasteiger partial charge in [0.05, 0.1) is 17.8 Å². The number of ether oxygens (including phenoxy) is 1. The summed E-state index contributed by atoms with van der Waals surface area (Å²) in [4.78, 5) is 28.0. The van der Waals surface area contributed by atoms with E-state index in [-0.39, 0.29) is 17.7 Å². The molecule has 4 rings (SSSR count). The van der Waals surface area contributed by atoms with Crippen LogP contribution in [0.1, 0.15) is 29.8 Å². The van der Waals surface area contributed by atoms with Crippen LogP contribution in [-0.2, 0) is 22.6 Å². The smallest absolute Gasteiger partial charge is 0.255 e. The molecule has 1 aliphatic rings. The van der Waals surface area contributed by atoms with Crippen LogP contribution in [0.3, 0.4) is 0 Å². The quantitative estimate of drug-likeness (QED) is 0.648. The van der Waals surface area contributed by atoms with Crippen LogP contribution in [0, 0.1) is 5.92 Å². The number of nitrogens with zero attached hydrogens (tertiary/aromatic N) is 2. The second-order valence-electron chi connectivity index (χ2n) is 8.01. The first kappa shape index (κ1) is 20.2. The molecule has 2 aromatic carbocycles. The van der Waals surface area contributed by atoms with Crippen molar-refractivity contribution < 1.29 is 14.3 Å².